The minimum atomic E-state index is -0.0175. The van der Waals surface area contributed by atoms with Gasteiger partial charge in [-0.05, 0) is 42.6 Å². The van der Waals surface area contributed by atoms with Crippen LogP contribution in [-0.4, -0.2) is 64.3 Å². The molecule has 0 spiro atoms. The SMILES string of the molecule is CN1C(=O)c2ccc(-c3cnn(C)c3)cc2OC2CN(CCCc3ccccc3)CC21. The molecule has 1 fully saturated rings. The number of rotatable bonds is 5. The van der Waals surface area contributed by atoms with Gasteiger partial charge in [0.1, 0.15) is 11.9 Å². The van der Waals surface area contributed by atoms with Crippen molar-refractivity contribution >= 4 is 5.91 Å². The lowest BCUT2D eigenvalue weighted by Gasteiger charge is -2.25. The number of carbonyl (C=O) groups is 1. The number of aryl methyl sites for hydroxylation is 2. The predicted molar refractivity (Wildman–Crippen MR) is 120 cm³/mol. The van der Waals surface area contributed by atoms with E-state index in [0.29, 0.717) is 11.3 Å². The molecule has 3 aromatic rings. The molecule has 2 aliphatic rings. The Morgan fingerprint density at radius 3 is 2.68 bits per heavy atom. The maximum absolute atomic E-state index is 13.1. The normalized spacial score (nSPS) is 20.8. The Bertz CT molecular complexity index is 1080. The summed E-state index contributed by atoms with van der Waals surface area (Å²) in [6, 6.07) is 16.5. The van der Waals surface area contributed by atoms with Gasteiger partial charge in [-0.1, -0.05) is 36.4 Å². The van der Waals surface area contributed by atoms with E-state index in [9.17, 15) is 4.79 Å². The first-order valence-electron chi connectivity index (χ1n) is 10.9. The van der Waals surface area contributed by atoms with Crippen LogP contribution in [0.2, 0.25) is 0 Å². The molecule has 2 atom stereocenters. The second kappa shape index (κ2) is 8.19. The molecule has 6 heteroatoms. The summed E-state index contributed by atoms with van der Waals surface area (Å²) < 4.78 is 8.23. The van der Waals surface area contributed by atoms with E-state index < -0.39 is 0 Å². The first kappa shape index (κ1) is 19.8. The summed E-state index contributed by atoms with van der Waals surface area (Å²) in [5, 5.41) is 4.26. The van der Waals surface area contributed by atoms with Gasteiger partial charge in [0.05, 0.1) is 17.8 Å². The van der Waals surface area contributed by atoms with Crippen molar-refractivity contribution in [2.75, 3.05) is 26.7 Å². The highest BCUT2D eigenvalue weighted by Crippen LogP contribution is 2.34. The van der Waals surface area contributed by atoms with Crippen LogP contribution in [0.15, 0.2) is 60.9 Å². The smallest absolute Gasteiger partial charge is 0.257 e. The van der Waals surface area contributed by atoms with Gasteiger partial charge in [-0.25, -0.2) is 0 Å². The molecular formula is C25H28N4O2. The van der Waals surface area contributed by atoms with Crippen LogP contribution >= 0.6 is 0 Å². The van der Waals surface area contributed by atoms with E-state index in [4.69, 9.17) is 4.74 Å². The second-order valence-electron chi connectivity index (χ2n) is 8.60. The van der Waals surface area contributed by atoms with E-state index in [1.807, 2.05) is 49.6 Å². The third-order valence-electron chi connectivity index (χ3n) is 6.44. The fraction of sp³-hybridized carbons (Fsp3) is 0.360. The molecule has 0 saturated carbocycles. The molecule has 6 nitrogen and oxygen atoms in total. The summed E-state index contributed by atoms with van der Waals surface area (Å²) in [6.07, 6.45) is 5.96. The average Bonchev–Trinajstić information content (AvgIpc) is 3.37. The maximum Gasteiger partial charge on any atom is 0.257 e. The number of fused-ring (bicyclic) bond motifs is 2. The number of ether oxygens (including phenoxy) is 1. The summed E-state index contributed by atoms with van der Waals surface area (Å²) in [7, 11) is 3.80. The number of amides is 1. The molecule has 0 radical (unpaired) electrons. The first-order chi connectivity index (χ1) is 15.1. The van der Waals surface area contributed by atoms with Crippen LogP contribution in [0.5, 0.6) is 5.75 Å². The molecule has 2 aliphatic heterocycles. The Morgan fingerprint density at radius 1 is 1.06 bits per heavy atom. The Hall–Kier alpha value is -3.12. The molecule has 1 aromatic heterocycles. The van der Waals surface area contributed by atoms with Crippen molar-refractivity contribution in [3.63, 3.8) is 0 Å². The third-order valence-corrected chi connectivity index (χ3v) is 6.44. The fourth-order valence-corrected chi connectivity index (χ4v) is 4.70. The number of hydrogen-bond donors (Lipinski definition) is 0. The van der Waals surface area contributed by atoms with Crippen LogP contribution in [0.25, 0.3) is 11.1 Å². The molecule has 2 unspecified atom stereocenters. The predicted octanol–water partition coefficient (Wildman–Crippen LogP) is 3.24. The van der Waals surface area contributed by atoms with Crippen molar-refractivity contribution < 1.29 is 9.53 Å². The van der Waals surface area contributed by atoms with Crippen molar-refractivity contribution in [1.82, 2.24) is 19.6 Å². The average molecular weight is 417 g/mol. The van der Waals surface area contributed by atoms with Crippen LogP contribution in [0.3, 0.4) is 0 Å². The quantitative estimate of drug-likeness (QED) is 0.641. The lowest BCUT2D eigenvalue weighted by molar-refractivity contribution is 0.0682. The summed E-state index contributed by atoms with van der Waals surface area (Å²) in [5.74, 6) is 0.711. The van der Waals surface area contributed by atoms with Crippen molar-refractivity contribution in [2.24, 2.45) is 7.05 Å². The molecule has 3 heterocycles. The second-order valence-corrected chi connectivity index (χ2v) is 8.60. The molecule has 160 valence electrons. The van der Waals surface area contributed by atoms with E-state index in [1.165, 1.54) is 5.56 Å². The van der Waals surface area contributed by atoms with E-state index in [2.05, 4.69) is 40.3 Å². The van der Waals surface area contributed by atoms with E-state index in [-0.39, 0.29) is 18.1 Å². The van der Waals surface area contributed by atoms with Crippen molar-refractivity contribution in [2.45, 2.75) is 25.0 Å². The molecule has 2 aromatic carbocycles. The van der Waals surface area contributed by atoms with Crippen LogP contribution < -0.4 is 4.74 Å². The monoisotopic (exact) mass is 416 g/mol. The van der Waals surface area contributed by atoms with Gasteiger partial charge in [0.25, 0.3) is 5.91 Å². The molecule has 1 saturated heterocycles. The zero-order chi connectivity index (χ0) is 21.4. The van der Waals surface area contributed by atoms with E-state index >= 15 is 0 Å². The zero-order valence-corrected chi connectivity index (χ0v) is 18.1. The molecule has 0 N–H and O–H groups in total. The van der Waals surface area contributed by atoms with Gasteiger partial charge in [-0.3, -0.25) is 14.4 Å². The summed E-state index contributed by atoms with van der Waals surface area (Å²) in [5.41, 5.74) is 4.04. The largest absolute Gasteiger partial charge is 0.486 e. The van der Waals surface area contributed by atoms with Gasteiger partial charge in [0.2, 0.25) is 0 Å². The van der Waals surface area contributed by atoms with Gasteiger partial charge >= 0.3 is 0 Å². The lowest BCUT2D eigenvalue weighted by Crippen LogP contribution is -2.44. The third kappa shape index (κ3) is 3.95. The standard InChI is InChI=1S/C25H28N4O2/c1-27-15-20(14-26-27)19-10-11-21-23(13-19)31-24-17-29(16-22(24)28(2)25(21)30)12-6-9-18-7-4-3-5-8-18/h3-5,7-8,10-11,13-15,22,24H,6,9,12,16-17H2,1-2H3. The Balaban J connectivity index is 1.31. The van der Waals surface area contributed by atoms with Gasteiger partial charge in [0, 0.05) is 38.9 Å². The number of nitrogens with zero attached hydrogens (tertiary/aromatic N) is 4. The molecule has 0 aliphatic carbocycles. The molecule has 31 heavy (non-hydrogen) atoms. The van der Waals surface area contributed by atoms with Gasteiger partial charge in [-0.2, -0.15) is 5.10 Å². The van der Waals surface area contributed by atoms with Crippen LogP contribution in [0.1, 0.15) is 22.3 Å². The Labute approximate surface area is 183 Å². The number of aromatic nitrogens is 2. The number of likely N-dealkylation sites (tertiary alicyclic amines) is 1. The minimum absolute atomic E-state index is 0.0175. The van der Waals surface area contributed by atoms with Crippen molar-refractivity contribution in [3.05, 3.63) is 72.1 Å². The van der Waals surface area contributed by atoms with Crippen LogP contribution in [0, 0.1) is 0 Å². The van der Waals surface area contributed by atoms with Gasteiger partial charge < -0.3 is 9.64 Å². The summed E-state index contributed by atoms with van der Waals surface area (Å²) in [6.45, 7) is 2.70. The van der Waals surface area contributed by atoms with Crippen molar-refractivity contribution in [3.8, 4) is 16.9 Å². The highest BCUT2D eigenvalue weighted by molar-refractivity contribution is 5.98. The highest BCUT2D eigenvalue weighted by Gasteiger charge is 2.42. The molecule has 5 rings (SSSR count). The van der Waals surface area contributed by atoms with Gasteiger partial charge in [-0.15, -0.1) is 0 Å². The number of benzene rings is 2. The van der Waals surface area contributed by atoms with Gasteiger partial charge in [0.15, 0.2) is 0 Å². The number of hydrogen-bond acceptors (Lipinski definition) is 4. The summed E-state index contributed by atoms with van der Waals surface area (Å²) in [4.78, 5) is 17.4. The van der Waals surface area contributed by atoms with Crippen molar-refractivity contribution in [1.29, 1.82) is 0 Å². The first-order valence-corrected chi connectivity index (χ1v) is 10.9. The summed E-state index contributed by atoms with van der Waals surface area (Å²) >= 11 is 0. The number of likely N-dealkylation sites (N-methyl/N-ethyl adjacent to an activating group) is 1. The molecule has 0 bridgehead atoms. The van der Waals surface area contributed by atoms with Crippen LogP contribution in [-0.2, 0) is 13.5 Å². The van der Waals surface area contributed by atoms with E-state index in [0.717, 1.165) is 43.6 Å². The maximum atomic E-state index is 13.1. The van der Waals surface area contributed by atoms with Crippen LogP contribution in [0.4, 0.5) is 0 Å². The molecule has 1 amide bonds. The Morgan fingerprint density at radius 2 is 1.90 bits per heavy atom. The van der Waals surface area contributed by atoms with E-state index in [1.54, 1.807) is 4.68 Å². The lowest BCUT2D eigenvalue weighted by atomic mass is 10.1. The highest BCUT2D eigenvalue weighted by atomic mass is 16.5. The zero-order valence-electron chi connectivity index (χ0n) is 18.1. The number of carbonyl (C=O) groups excluding carboxylic acids is 1. The molecular weight excluding hydrogens is 388 g/mol. The topological polar surface area (TPSA) is 50.6 Å². The fourth-order valence-electron chi connectivity index (χ4n) is 4.70. The Kier molecular flexibility index (Phi) is 5.24. The minimum Gasteiger partial charge on any atom is -0.486 e.